The minimum Gasteiger partial charge on any atom is -0.478 e. The van der Waals surface area contributed by atoms with Crippen LogP contribution in [0, 0.1) is 5.82 Å². The highest BCUT2D eigenvalue weighted by molar-refractivity contribution is 7.94. The molecule has 6 nitrogen and oxygen atoms in total. The number of hydrogen-bond donors (Lipinski definition) is 2. The Morgan fingerprint density at radius 2 is 2.28 bits per heavy atom. The molecule has 2 N–H and O–H groups in total. The average Bonchev–Trinajstić information content (AvgIpc) is 2.60. The lowest BCUT2D eigenvalue weighted by molar-refractivity contribution is 0.0697. The van der Waals surface area contributed by atoms with Crippen LogP contribution in [0.15, 0.2) is 23.7 Å². The lowest BCUT2D eigenvalue weighted by atomic mass is 10.2. The van der Waals surface area contributed by atoms with Crippen LogP contribution in [0.4, 0.5) is 10.2 Å². The number of rotatable bonds is 3. The second-order valence-corrected chi connectivity index (χ2v) is 5.69. The second-order valence-electron chi connectivity index (χ2n) is 3.76. The molecule has 0 spiro atoms. The largest absolute Gasteiger partial charge is 0.478 e. The predicted octanol–water partition coefficient (Wildman–Crippen LogP) is 0.641. The third-order valence-electron chi connectivity index (χ3n) is 2.34. The molecule has 2 rings (SSSR count). The van der Waals surface area contributed by atoms with Crippen molar-refractivity contribution in [3.63, 3.8) is 0 Å². The number of nitrogens with one attached hydrogen (secondary N) is 1. The van der Waals surface area contributed by atoms with Crippen LogP contribution in [0.3, 0.4) is 0 Å². The number of aromatic nitrogens is 1. The van der Waals surface area contributed by atoms with Crippen LogP contribution in [-0.2, 0) is 9.84 Å². The number of carboxylic acid groups (broad SMARTS) is 1. The Morgan fingerprint density at radius 3 is 2.83 bits per heavy atom. The van der Waals surface area contributed by atoms with Crippen LogP contribution >= 0.6 is 0 Å². The summed E-state index contributed by atoms with van der Waals surface area (Å²) in [7, 11) is -3.25. The van der Waals surface area contributed by atoms with Crippen molar-refractivity contribution >= 4 is 21.6 Å². The second kappa shape index (κ2) is 4.37. The van der Waals surface area contributed by atoms with E-state index < -0.39 is 27.7 Å². The third-order valence-corrected chi connectivity index (χ3v) is 3.73. The van der Waals surface area contributed by atoms with Gasteiger partial charge in [0.25, 0.3) is 0 Å². The van der Waals surface area contributed by atoms with Crippen LogP contribution in [0.25, 0.3) is 0 Å². The van der Waals surface area contributed by atoms with Crippen molar-refractivity contribution < 1.29 is 22.7 Å². The topological polar surface area (TPSA) is 96.4 Å². The molecule has 0 aliphatic carbocycles. The lowest BCUT2D eigenvalue weighted by Gasteiger charge is -2.12. The molecular formula is C10H9FN2O4S. The number of pyridine rings is 1. The fraction of sp³-hybridized carbons (Fsp3) is 0.200. The Labute approximate surface area is 102 Å². The van der Waals surface area contributed by atoms with Crippen LogP contribution < -0.4 is 5.32 Å². The predicted molar refractivity (Wildman–Crippen MR) is 61.5 cm³/mol. The normalized spacial score (nSPS) is 20.8. The highest BCUT2D eigenvalue weighted by Gasteiger charge is 2.23. The number of anilines is 1. The van der Waals surface area contributed by atoms with Crippen molar-refractivity contribution in [2.45, 2.75) is 6.04 Å². The summed E-state index contributed by atoms with van der Waals surface area (Å²) in [5.74, 6) is -2.34. The van der Waals surface area contributed by atoms with E-state index in [-0.39, 0.29) is 17.1 Å². The summed E-state index contributed by atoms with van der Waals surface area (Å²) in [5, 5.41) is 12.6. The molecule has 18 heavy (non-hydrogen) atoms. The van der Waals surface area contributed by atoms with E-state index in [9.17, 15) is 17.6 Å². The molecule has 1 aromatic heterocycles. The van der Waals surface area contributed by atoms with Gasteiger partial charge in [-0.2, -0.15) is 0 Å². The maximum atomic E-state index is 12.9. The number of hydrogen-bond acceptors (Lipinski definition) is 5. The van der Waals surface area contributed by atoms with Gasteiger partial charge in [0, 0.05) is 5.41 Å². The Kier molecular flexibility index (Phi) is 3.04. The van der Waals surface area contributed by atoms with E-state index in [1.165, 1.54) is 6.08 Å². The van der Waals surface area contributed by atoms with Gasteiger partial charge in [-0.3, -0.25) is 0 Å². The van der Waals surface area contributed by atoms with Crippen LogP contribution in [0.2, 0.25) is 0 Å². The summed E-state index contributed by atoms with van der Waals surface area (Å²) in [4.78, 5) is 14.5. The summed E-state index contributed by atoms with van der Waals surface area (Å²) < 4.78 is 35.2. The SMILES string of the molecule is O=C(O)c1cc(F)cnc1NC1C=CS(=O)(=O)C1. The number of carboxylic acids is 1. The summed E-state index contributed by atoms with van der Waals surface area (Å²) in [6, 6.07) is 0.260. The van der Waals surface area contributed by atoms with Crippen LogP contribution in [0.5, 0.6) is 0 Å². The van der Waals surface area contributed by atoms with Gasteiger partial charge < -0.3 is 10.4 Å². The van der Waals surface area contributed by atoms with Crippen LogP contribution in [-0.4, -0.2) is 36.3 Å². The zero-order valence-electron chi connectivity index (χ0n) is 9.00. The first-order valence-corrected chi connectivity index (χ1v) is 6.65. The summed E-state index contributed by atoms with van der Waals surface area (Å²) >= 11 is 0. The van der Waals surface area contributed by atoms with E-state index in [4.69, 9.17) is 5.11 Å². The van der Waals surface area contributed by atoms with Gasteiger partial charge in [-0.1, -0.05) is 0 Å². The molecule has 1 aromatic rings. The monoisotopic (exact) mass is 272 g/mol. The molecule has 1 aliphatic rings. The molecule has 1 unspecified atom stereocenters. The summed E-state index contributed by atoms with van der Waals surface area (Å²) in [6.07, 6.45) is 2.26. The first-order valence-electron chi connectivity index (χ1n) is 4.94. The van der Waals surface area contributed by atoms with Crippen molar-refractivity contribution in [1.29, 1.82) is 0 Å². The number of halogens is 1. The van der Waals surface area contributed by atoms with Gasteiger partial charge >= 0.3 is 5.97 Å². The maximum Gasteiger partial charge on any atom is 0.339 e. The number of aromatic carboxylic acids is 1. The van der Waals surface area contributed by atoms with Gasteiger partial charge in [-0.05, 0) is 12.1 Å². The minimum atomic E-state index is -3.25. The Morgan fingerprint density at radius 1 is 1.56 bits per heavy atom. The summed E-state index contributed by atoms with van der Waals surface area (Å²) in [5.41, 5.74) is -0.340. The molecule has 1 atom stereocenters. The van der Waals surface area contributed by atoms with Gasteiger partial charge in [0.05, 0.1) is 18.0 Å². The zero-order valence-corrected chi connectivity index (χ0v) is 9.82. The highest BCUT2D eigenvalue weighted by atomic mass is 32.2. The smallest absolute Gasteiger partial charge is 0.339 e. The quantitative estimate of drug-likeness (QED) is 0.838. The Bertz CT molecular complexity index is 627. The fourth-order valence-electron chi connectivity index (χ4n) is 1.56. The van der Waals surface area contributed by atoms with Crippen molar-refractivity contribution in [3.05, 3.63) is 35.1 Å². The van der Waals surface area contributed by atoms with E-state index in [0.717, 1.165) is 17.7 Å². The van der Waals surface area contributed by atoms with E-state index in [0.29, 0.717) is 0 Å². The van der Waals surface area contributed by atoms with Gasteiger partial charge in [-0.25, -0.2) is 22.6 Å². The molecule has 96 valence electrons. The van der Waals surface area contributed by atoms with E-state index >= 15 is 0 Å². The van der Waals surface area contributed by atoms with E-state index in [2.05, 4.69) is 10.3 Å². The molecule has 8 heteroatoms. The van der Waals surface area contributed by atoms with Gasteiger partial charge in [0.1, 0.15) is 17.2 Å². The molecule has 0 fully saturated rings. The maximum absolute atomic E-state index is 12.9. The molecule has 0 amide bonds. The van der Waals surface area contributed by atoms with Gasteiger partial charge in [0.2, 0.25) is 0 Å². The number of sulfone groups is 1. The van der Waals surface area contributed by atoms with Crippen LogP contribution in [0.1, 0.15) is 10.4 Å². The fourth-order valence-corrected chi connectivity index (χ4v) is 2.79. The van der Waals surface area contributed by atoms with Gasteiger partial charge in [-0.15, -0.1) is 0 Å². The number of nitrogens with zero attached hydrogens (tertiary/aromatic N) is 1. The number of carbonyl (C=O) groups is 1. The van der Waals surface area contributed by atoms with Crippen molar-refractivity contribution in [2.24, 2.45) is 0 Å². The van der Waals surface area contributed by atoms with Gasteiger partial charge in [0.15, 0.2) is 9.84 Å². The minimum absolute atomic E-state index is 0.0596. The first kappa shape index (κ1) is 12.5. The molecule has 0 saturated heterocycles. The van der Waals surface area contributed by atoms with Crippen molar-refractivity contribution in [2.75, 3.05) is 11.1 Å². The standard InChI is InChI=1S/C10H9FN2O4S/c11-6-3-8(10(14)15)9(12-4-6)13-7-1-2-18(16,17)5-7/h1-4,7H,5H2,(H,12,13)(H,14,15). The molecule has 0 saturated carbocycles. The first-order chi connectivity index (χ1) is 8.37. The zero-order chi connectivity index (χ0) is 13.3. The Hall–Kier alpha value is -1.96. The molecule has 0 bridgehead atoms. The van der Waals surface area contributed by atoms with Crippen molar-refractivity contribution in [3.8, 4) is 0 Å². The molecule has 2 heterocycles. The lowest BCUT2D eigenvalue weighted by Crippen LogP contribution is -2.23. The van der Waals surface area contributed by atoms with Crippen molar-refractivity contribution in [1.82, 2.24) is 4.98 Å². The molecule has 0 aromatic carbocycles. The van der Waals surface area contributed by atoms with E-state index in [1.807, 2.05) is 0 Å². The molecule has 0 radical (unpaired) electrons. The third kappa shape index (κ3) is 2.65. The average molecular weight is 272 g/mol. The Balaban J connectivity index is 2.25. The summed E-state index contributed by atoms with van der Waals surface area (Å²) in [6.45, 7) is 0. The highest BCUT2D eigenvalue weighted by Crippen LogP contribution is 2.18. The molecular weight excluding hydrogens is 263 g/mol. The van der Waals surface area contributed by atoms with E-state index in [1.54, 1.807) is 0 Å². The molecule has 1 aliphatic heterocycles.